The monoisotopic (exact) mass is 225 g/mol. The van der Waals surface area contributed by atoms with Crippen LogP contribution in [0.4, 0.5) is 11.9 Å². The van der Waals surface area contributed by atoms with Crippen molar-refractivity contribution in [3.05, 3.63) is 0 Å². The molecule has 6 heteroatoms. The van der Waals surface area contributed by atoms with Crippen LogP contribution in [-0.4, -0.2) is 34.6 Å². The summed E-state index contributed by atoms with van der Waals surface area (Å²) in [6, 6.07) is 0.237. The van der Waals surface area contributed by atoms with Crippen molar-refractivity contribution in [3.8, 4) is 6.01 Å². The summed E-state index contributed by atoms with van der Waals surface area (Å²) >= 11 is 0. The van der Waals surface area contributed by atoms with E-state index in [1.807, 2.05) is 11.9 Å². The summed E-state index contributed by atoms with van der Waals surface area (Å²) in [4.78, 5) is 14.1. The van der Waals surface area contributed by atoms with Crippen LogP contribution in [-0.2, 0) is 0 Å². The SMILES string of the molecule is CCC(C)(C)N(C)c1nc(N)nc(OC)n1. The maximum absolute atomic E-state index is 5.59. The number of ether oxygens (including phenoxy) is 1. The molecule has 0 amide bonds. The van der Waals surface area contributed by atoms with E-state index in [-0.39, 0.29) is 17.5 Å². The van der Waals surface area contributed by atoms with Gasteiger partial charge < -0.3 is 15.4 Å². The van der Waals surface area contributed by atoms with Crippen LogP contribution in [0.1, 0.15) is 27.2 Å². The topological polar surface area (TPSA) is 77.2 Å². The highest BCUT2D eigenvalue weighted by Gasteiger charge is 2.24. The average Bonchev–Trinajstić information content (AvgIpc) is 2.27. The van der Waals surface area contributed by atoms with Crippen LogP contribution in [0.5, 0.6) is 6.01 Å². The Morgan fingerprint density at radius 2 is 1.94 bits per heavy atom. The predicted octanol–water partition coefficient (Wildman–Crippen LogP) is 1.09. The fourth-order valence-electron chi connectivity index (χ4n) is 1.11. The molecule has 0 aliphatic rings. The molecule has 0 aliphatic heterocycles. The molecular formula is C10H19N5O. The largest absolute Gasteiger partial charge is 0.467 e. The summed E-state index contributed by atoms with van der Waals surface area (Å²) < 4.78 is 4.96. The lowest BCUT2D eigenvalue weighted by atomic mass is 10.0. The van der Waals surface area contributed by atoms with Crippen LogP contribution in [0.15, 0.2) is 0 Å². The van der Waals surface area contributed by atoms with Crippen molar-refractivity contribution in [2.24, 2.45) is 0 Å². The Balaban J connectivity index is 3.08. The van der Waals surface area contributed by atoms with Gasteiger partial charge >= 0.3 is 6.01 Å². The van der Waals surface area contributed by atoms with E-state index in [2.05, 4.69) is 35.7 Å². The summed E-state index contributed by atoms with van der Waals surface area (Å²) in [5.74, 6) is 0.691. The zero-order valence-corrected chi connectivity index (χ0v) is 10.5. The lowest BCUT2D eigenvalue weighted by Gasteiger charge is -2.34. The van der Waals surface area contributed by atoms with Gasteiger partial charge in [0.1, 0.15) is 0 Å². The maximum Gasteiger partial charge on any atom is 0.322 e. The number of nitrogen functional groups attached to an aromatic ring is 1. The summed E-state index contributed by atoms with van der Waals surface area (Å²) in [6.07, 6.45) is 0.970. The fourth-order valence-corrected chi connectivity index (χ4v) is 1.11. The lowest BCUT2D eigenvalue weighted by molar-refractivity contribution is 0.376. The van der Waals surface area contributed by atoms with Crippen molar-refractivity contribution in [2.45, 2.75) is 32.7 Å². The summed E-state index contributed by atoms with van der Waals surface area (Å²) in [5, 5.41) is 0. The van der Waals surface area contributed by atoms with Crippen LogP contribution in [0.2, 0.25) is 0 Å². The Morgan fingerprint density at radius 1 is 1.31 bits per heavy atom. The molecule has 0 unspecified atom stereocenters. The van der Waals surface area contributed by atoms with E-state index in [1.54, 1.807) is 0 Å². The number of aromatic nitrogens is 3. The van der Waals surface area contributed by atoms with Crippen molar-refractivity contribution in [2.75, 3.05) is 24.8 Å². The third-order valence-electron chi connectivity index (χ3n) is 2.88. The molecule has 0 bridgehead atoms. The van der Waals surface area contributed by atoms with Gasteiger partial charge in [0.2, 0.25) is 11.9 Å². The number of rotatable bonds is 4. The molecule has 16 heavy (non-hydrogen) atoms. The summed E-state index contributed by atoms with van der Waals surface area (Å²) in [5.41, 5.74) is 5.55. The minimum absolute atomic E-state index is 0.0429. The molecule has 90 valence electrons. The Bertz CT molecular complexity index is 366. The minimum atomic E-state index is -0.0429. The highest BCUT2D eigenvalue weighted by molar-refractivity contribution is 5.37. The Morgan fingerprint density at radius 3 is 2.44 bits per heavy atom. The van der Waals surface area contributed by atoms with Gasteiger partial charge in [-0.05, 0) is 20.3 Å². The van der Waals surface area contributed by atoms with Crippen LogP contribution in [0.3, 0.4) is 0 Å². The second-order valence-electron chi connectivity index (χ2n) is 4.21. The first-order chi connectivity index (χ1) is 7.40. The zero-order valence-electron chi connectivity index (χ0n) is 10.5. The van der Waals surface area contributed by atoms with Crippen molar-refractivity contribution in [1.29, 1.82) is 0 Å². The van der Waals surface area contributed by atoms with Crippen LogP contribution < -0.4 is 15.4 Å². The van der Waals surface area contributed by atoms with Crippen LogP contribution in [0, 0.1) is 0 Å². The van der Waals surface area contributed by atoms with Crippen molar-refractivity contribution in [1.82, 2.24) is 15.0 Å². The van der Waals surface area contributed by atoms with Gasteiger partial charge in [-0.1, -0.05) is 6.92 Å². The Kier molecular flexibility index (Phi) is 3.51. The van der Waals surface area contributed by atoms with E-state index in [4.69, 9.17) is 10.5 Å². The average molecular weight is 225 g/mol. The molecule has 0 atom stereocenters. The first-order valence-electron chi connectivity index (χ1n) is 5.20. The molecule has 0 fully saturated rings. The van der Waals surface area contributed by atoms with Crippen LogP contribution in [0.25, 0.3) is 0 Å². The van der Waals surface area contributed by atoms with E-state index in [1.165, 1.54) is 7.11 Å². The van der Waals surface area contributed by atoms with E-state index in [9.17, 15) is 0 Å². The zero-order chi connectivity index (χ0) is 12.3. The number of hydrogen-bond donors (Lipinski definition) is 1. The van der Waals surface area contributed by atoms with E-state index < -0.39 is 0 Å². The van der Waals surface area contributed by atoms with Gasteiger partial charge in [0.25, 0.3) is 0 Å². The molecule has 1 aromatic heterocycles. The summed E-state index contributed by atoms with van der Waals surface area (Å²) in [7, 11) is 3.43. The first-order valence-corrected chi connectivity index (χ1v) is 5.20. The number of nitrogens with two attached hydrogens (primary N) is 1. The second kappa shape index (κ2) is 4.51. The van der Waals surface area contributed by atoms with Gasteiger partial charge in [0.05, 0.1) is 7.11 Å². The Labute approximate surface area is 95.9 Å². The number of anilines is 2. The number of methoxy groups -OCH3 is 1. The van der Waals surface area contributed by atoms with Crippen LogP contribution >= 0.6 is 0 Å². The Hall–Kier alpha value is -1.59. The third kappa shape index (κ3) is 2.50. The number of hydrogen-bond acceptors (Lipinski definition) is 6. The highest BCUT2D eigenvalue weighted by atomic mass is 16.5. The number of nitrogens with zero attached hydrogens (tertiary/aromatic N) is 4. The molecule has 0 spiro atoms. The third-order valence-corrected chi connectivity index (χ3v) is 2.88. The van der Waals surface area contributed by atoms with Crippen molar-refractivity contribution >= 4 is 11.9 Å². The molecule has 0 aromatic carbocycles. The fraction of sp³-hybridized carbons (Fsp3) is 0.700. The molecule has 2 N–H and O–H groups in total. The quantitative estimate of drug-likeness (QED) is 0.826. The van der Waals surface area contributed by atoms with Gasteiger partial charge in [-0.15, -0.1) is 0 Å². The highest BCUT2D eigenvalue weighted by Crippen LogP contribution is 2.22. The van der Waals surface area contributed by atoms with Gasteiger partial charge in [-0.3, -0.25) is 0 Å². The molecule has 0 radical (unpaired) electrons. The van der Waals surface area contributed by atoms with Gasteiger partial charge in [-0.2, -0.15) is 15.0 Å². The van der Waals surface area contributed by atoms with Crippen molar-refractivity contribution in [3.63, 3.8) is 0 Å². The molecular weight excluding hydrogens is 206 g/mol. The van der Waals surface area contributed by atoms with Gasteiger partial charge in [0, 0.05) is 12.6 Å². The van der Waals surface area contributed by atoms with E-state index in [0.29, 0.717) is 5.95 Å². The van der Waals surface area contributed by atoms with E-state index in [0.717, 1.165) is 6.42 Å². The predicted molar refractivity (Wildman–Crippen MR) is 63.6 cm³/mol. The standard InChI is InChI=1S/C10H19N5O/c1-6-10(2,3)15(4)8-12-7(11)13-9(14-8)16-5/h6H2,1-5H3,(H2,11,12,13,14). The minimum Gasteiger partial charge on any atom is -0.467 e. The molecule has 1 aromatic rings. The molecule has 6 nitrogen and oxygen atoms in total. The first kappa shape index (κ1) is 12.5. The van der Waals surface area contributed by atoms with Gasteiger partial charge in [0.15, 0.2) is 0 Å². The normalized spacial score (nSPS) is 11.3. The van der Waals surface area contributed by atoms with Crippen molar-refractivity contribution < 1.29 is 4.74 Å². The lowest BCUT2D eigenvalue weighted by Crippen LogP contribution is -2.41. The molecule has 0 aliphatic carbocycles. The maximum atomic E-state index is 5.59. The molecule has 1 heterocycles. The van der Waals surface area contributed by atoms with Gasteiger partial charge in [-0.25, -0.2) is 0 Å². The smallest absolute Gasteiger partial charge is 0.322 e. The second-order valence-corrected chi connectivity index (χ2v) is 4.21. The van der Waals surface area contributed by atoms with E-state index >= 15 is 0 Å². The summed E-state index contributed by atoms with van der Waals surface area (Å²) in [6.45, 7) is 6.33. The molecule has 1 rings (SSSR count). The molecule has 0 saturated heterocycles. The molecule has 0 saturated carbocycles.